The zero-order chi connectivity index (χ0) is 12.5. The van der Waals surface area contributed by atoms with Gasteiger partial charge in [-0.2, -0.15) is 13.2 Å². The molecule has 1 aliphatic rings. The first-order chi connectivity index (χ1) is 8.00. The monoisotopic (exact) mass is 245 g/mol. The molecule has 2 nitrogen and oxygen atoms in total. The van der Waals surface area contributed by atoms with Crippen molar-refractivity contribution in [2.24, 2.45) is 5.73 Å². The molecule has 1 unspecified atom stereocenters. The van der Waals surface area contributed by atoms with E-state index in [0.29, 0.717) is 0 Å². The van der Waals surface area contributed by atoms with E-state index in [1.165, 1.54) is 5.56 Å². The van der Waals surface area contributed by atoms with Gasteiger partial charge < -0.3 is 10.5 Å². The highest BCUT2D eigenvalue weighted by molar-refractivity contribution is 5.38. The molecule has 1 aromatic rings. The fourth-order valence-electron chi connectivity index (χ4n) is 2.03. The summed E-state index contributed by atoms with van der Waals surface area (Å²) < 4.78 is 42.3. The molecule has 0 amide bonds. The summed E-state index contributed by atoms with van der Waals surface area (Å²) in [5.74, 6) is 0.249. The number of ether oxygens (including phenoxy) is 1. The average molecular weight is 245 g/mol. The van der Waals surface area contributed by atoms with E-state index in [1.807, 2.05) is 6.07 Å². The zero-order valence-electron chi connectivity index (χ0n) is 9.26. The number of aryl methyl sites for hydroxylation is 2. The molecular weight excluding hydrogens is 231 g/mol. The molecular formula is C12H14F3NO. The molecule has 1 atom stereocenters. The van der Waals surface area contributed by atoms with Gasteiger partial charge in [-0.05, 0) is 42.5 Å². The van der Waals surface area contributed by atoms with Crippen LogP contribution in [0.25, 0.3) is 0 Å². The third-order valence-electron chi connectivity index (χ3n) is 2.93. The van der Waals surface area contributed by atoms with Gasteiger partial charge in [0.1, 0.15) is 5.75 Å². The summed E-state index contributed by atoms with van der Waals surface area (Å²) >= 11 is 0. The van der Waals surface area contributed by atoms with E-state index in [0.717, 1.165) is 24.8 Å². The van der Waals surface area contributed by atoms with Crippen LogP contribution in [0.1, 0.15) is 17.5 Å². The van der Waals surface area contributed by atoms with Crippen LogP contribution in [0.4, 0.5) is 13.2 Å². The van der Waals surface area contributed by atoms with Gasteiger partial charge >= 0.3 is 6.18 Å². The van der Waals surface area contributed by atoms with Gasteiger partial charge in [-0.3, -0.25) is 0 Å². The van der Waals surface area contributed by atoms with E-state index in [2.05, 4.69) is 0 Å². The van der Waals surface area contributed by atoms with Crippen molar-refractivity contribution in [3.05, 3.63) is 29.3 Å². The van der Waals surface area contributed by atoms with Crippen LogP contribution >= 0.6 is 0 Å². The Balaban J connectivity index is 2.13. The molecule has 2 N–H and O–H groups in total. The molecule has 0 radical (unpaired) electrons. The Morgan fingerprint density at radius 1 is 1.24 bits per heavy atom. The van der Waals surface area contributed by atoms with Gasteiger partial charge in [0.05, 0.1) is 0 Å². The normalized spacial score (nSPS) is 16.7. The van der Waals surface area contributed by atoms with Crippen LogP contribution in [0, 0.1) is 0 Å². The number of rotatable bonds is 3. The maximum absolute atomic E-state index is 12.5. The predicted octanol–water partition coefficient (Wildman–Crippen LogP) is 2.44. The van der Waals surface area contributed by atoms with Crippen LogP contribution < -0.4 is 10.5 Å². The van der Waals surface area contributed by atoms with Crippen molar-refractivity contribution < 1.29 is 17.9 Å². The molecule has 1 aliphatic carbocycles. The van der Waals surface area contributed by atoms with Crippen molar-refractivity contribution >= 4 is 0 Å². The number of benzene rings is 1. The summed E-state index contributed by atoms with van der Waals surface area (Å²) in [5.41, 5.74) is 7.36. The Morgan fingerprint density at radius 3 is 2.59 bits per heavy atom. The molecule has 17 heavy (non-hydrogen) atoms. The van der Waals surface area contributed by atoms with Gasteiger partial charge in [0.15, 0.2) is 0 Å². The van der Waals surface area contributed by atoms with Crippen LogP contribution in [0.2, 0.25) is 0 Å². The van der Waals surface area contributed by atoms with E-state index < -0.39 is 18.8 Å². The van der Waals surface area contributed by atoms with Crippen LogP contribution in [-0.4, -0.2) is 18.8 Å². The molecule has 0 bridgehead atoms. The van der Waals surface area contributed by atoms with Gasteiger partial charge in [-0.25, -0.2) is 0 Å². The topological polar surface area (TPSA) is 35.2 Å². The SMILES string of the molecule is NCC(Oc1ccc2c(c1)CCC2)C(F)(F)F. The highest BCUT2D eigenvalue weighted by Gasteiger charge is 2.40. The van der Waals surface area contributed by atoms with Crippen LogP contribution in [-0.2, 0) is 12.8 Å². The largest absolute Gasteiger partial charge is 0.480 e. The van der Waals surface area contributed by atoms with Crippen molar-refractivity contribution in [1.82, 2.24) is 0 Å². The summed E-state index contributed by atoms with van der Waals surface area (Å²) in [6, 6.07) is 5.11. The van der Waals surface area contributed by atoms with E-state index >= 15 is 0 Å². The van der Waals surface area contributed by atoms with E-state index in [-0.39, 0.29) is 5.75 Å². The van der Waals surface area contributed by atoms with Crippen molar-refractivity contribution in [2.45, 2.75) is 31.5 Å². The molecule has 94 valence electrons. The zero-order valence-corrected chi connectivity index (χ0v) is 9.26. The number of hydrogen-bond acceptors (Lipinski definition) is 2. The van der Waals surface area contributed by atoms with Gasteiger partial charge in [0.25, 0.3) is 0 Å². The lowest BCUT2D eigenvalue weighted by atomic mass is 10.1. The second-order valence-electron chi connectivity index (χ2n) is 4.17. The summed E-state index contributed by atoms with van der Waals surface area (Å²) in [5, 5.41) is 0. The highest BCUT2D eigenvalue weighted by atomic mass is 19.4. The molecule has 0 spiro atoms. The lowest BCUT2D eigenvalue weighted by Crippen LogP contribution is -2.40. The number of nitrogens with two attached hydrogens (primary N) is 1. The average Bonchev–Trinajstić information content (AvgIpc) is 2.71. The predicted molar refractivity (Wildman–Crippen MR) is 58.0 cm³/mol. The Bertz CT molecular complexity index is 403. The molecule has 0 fully saturated rings. The molecule has 0 heterocycles. The lowest BCUT2D eigenvalue weighted by molar-refractivity contribution is -0.191. The maximum Gasteiger partial charge on any atom is 0.426 e. The Morgan fingerprint density at radius 2 is 1.94 bits per heavy atom. The van der Waals surface area contributed by atoms with Crippen molar-refractivity contribution in [2.75, 3.05) is 6.54 Å². The first kappa shape index (κ1) is 12.2. The van der Waals surface area contributed by atoms with Crippen LogP contribution in [0.5, 0.6) is 5.75 Å². The first-order valence-electron chi connectivity index (χ1n) is 5.56. The van der Waals surface area contributed by atoms with Crippen molar-refractivity contribution in [3.63, 3.8) is 0 Å². The summed E-state index contributed by atoms with van der Waals surface area (Å²) in [4.78, 5) is 0. The molecule has 2 rings (SSSR count). The van der Waals surface area contributed by atoms with Gasteiger partial charge in [0.2, 0.25) is 6.10 Å². The molecule has 0 saturated carbocycles. The molecule has 0 saturated heterocycles. The third-order valence-corrected chi connectivity index (χ3v) is 2.93. The van der Waals surface area contributed by atoms with Gasteiger partial charge in [0, 0.05) is 6.54 Å². The second kappa shape index (κ2) is 4.56. The number of halogens is 3. The maximum atomic E-state index is 12.5. The van der Waals surface area contributed by atoms with E-state index in [4.69, 9.17) is 10.5 Å². The van der Waals surface area contributed by atoms with E-state index in [9.17, 15) is 13.2 Å². The number of alkyl halides is 3. The fourth-order valence-corrected chi connectivity index (χ4v) is 2.03. The fraction of sp³-hybridized carbons (Fsp3) is 0.500. The smallest absolute Gasteiger partial charge is 0.426 e. The van der Waals surface area contributed by atoms with Crippen LogP contribution in [0.3, 0.4) is 0 Å². The quantitative estimate of drug-likeness (QED) is 0.887. The molecule has 0 aromatic heterocycles. The number of fused-ring (bicyclic) bond motifs is 1. The van der Waals surface area contributed by atoms with Crippen molar-refractivity contribution in [1.29, 1.82) is 0 Å². The highest BCUT2D eigenvalue weighted by Crippen LogP contribution is 2.29. The molecule has 5 heteroatoms. The molecule has 1 aromatic carbocycles. The summed E-state index contributed by atoms with van der Waals surface area (Å²) in [6.45, 7) is -0.569. The lowest BCUT2D eigenvalue weighted by Gasteiger charge is -2.20. The van der Waals surface area contributed by atoms with Gasteiger partial charge in [-0.15, -0.1) is 0 Å². The van der Waals surface area contributed by atoms with Crippen molar-refractivity contribution in [3.8, 4) is 5.75 Å². The minimum Gasteiger partial charge on any atom is -0.480 e. The standard InChI is InChI=1S/C12H14F3NO/c13-12(14,15)11(7-16)17-10-5-4-8-2-1-3-9(8)6-10/h4-6,11H,1-3,7,16H2. The third kappa shape index (κ3) is 2.72. The minimum atomic E-state index is -4.42. The Labute approximate surface area is 97.6 Å². The Hall–Kier alpha value is -1.23. The van der Waals surface area contributed by atoms with Gasteiger partial charge in [-0.1, -0.05) is 6.07 Å². The first-order valence-corrected chi connectivity index (χ1v) is 5.56. The Kier molecular flexibility index (Phi) is 3.28. The minimum absolute atomic E-state index is 0.249. The summed E-state index contributed by atoms with van der Waals surface area (Å²) in [6.07, 6.45) is -3.39. The summed E-state index contributed by atoms with van der Waals surface area (Å²) in [7, 11) is 0. The molecule has 0 aliphatic heterocycles. The van der Waals surface area contributed by atoms with E-state index in [1.54, 1.807) is 12.1 Å². The van der Waals surface area contributed by atoms with Crippen LogP contribution in [0.15, 0.2) is 18.2 Å². The number of hydrogen-bond donors (Lipinski definition) is 1. The second-order valence-corrected chi connectivity index (χ2v) is 4.17.